The van der Waals surface area contributed by atoms with E-state index in [1.807, 2.05) is 19.1 Å². The fourth-order valence-electron chi connectivity index (χ4n) is 1.90. The van der Waals surface area contributed by atoms with Crippen molar-refractivity contribution in [1.82, 2.24) is 0 Å². The van der Waals surface area contributed by atoms with Gasteiger partial charge in [0.25, 0.3) is 11.3 Å². The number of allylic oxidation sites excluding steroid dienone is 1. The van der Waals surface area contributed by atoms with Gasteiger partial charge in [-0.25, -0.2) is 4.21 Å². The van der Waals surface area contributed by atoms with Crippen LogP contribution < -0.4 is 4.72 Å². The van der Waals surface area contributed by atoms with Gasteiger partial charge in [0, 0.05) is 0 Å². The minimum atomic E-state index is -2.00. The van der Waals surface area contributed by atoms with Crippen LogP contribution in [0.4, 0.5) is 5.69 Å². The predicted molar refractivity (Wildman–Crippen MR) is 62.9 cm³/mol. The monoisotopic (exact) mass is 223 g/mol. The number of hydrogen-bond acceptors (Lipinski definition) is 1. The van der Waals surface area contributed by atoms with Crippen molar-refractivity contribution in [2.24, 2.45) is 0 Å². The van der Waals surface area contributed by atoms with E-state index in [-0.39, 0.29) is 0 Å². The summed E-state index contributed by atoms with van der Waals surface area (Å²) in [7, 11) is 0. The maximum absolute atomic E-state index is 10.7. The number of aryl methyl sites for hydroxylation is 1. The Morgan fingerprint density at radius 2 is 2.27 bits per heavy atom. The highest BCUT2D eigenvalue weighted by Gasteiger charge is 2.12. The van der Waals surface area contributed by atoms with Gasteiger partial charge in [0.15, 0.2) is 0 Å². The normalized spacial score (nSPS) is 15.9. The smallest absolute Gasteiger partial charge is 0.259 e. The molecule has 15 heavy (non-hydrogen) atoms. The van der Waals surface area contributed by atoms with Gasteiger partial charge in [0.05, 0.1) is 5.69 Å². The molecule has 1 atom stereocenters. The molecule has 1 aliphatic carbocycles. The molecule has 1 aromatic carbocycles. The number of nitrogens with one attached hydrogen (secondary N) is 1. The zero-order valence-electron chi connectivity index (χ0n) is 8.49. The Bertz CT molecular complexity index is 440. The van der Waals surface area contributed by atoms with Crippen molar-refractivity contribution in [3.63, 3.8) is 0 Å². The maximum atomic E-state index is 10.7. The molecule has 1 aliphatic rings. The third-order valence-electron chi connectivity index (χ3n) is 2.62. The predicted octanol–water partition coefficient (Wildman–Crippen LogP) is 2.50. The SMILES string of the molecule is Cc1ccc(NS(=O)O)c2c1C=CCC2. The van der Waals surface area contributed by atoms with Crippen LogP contribution in [-0.4, -0.2) is 8.76 Å². The average molecular weight is 223 g/mol. The van der Waals surface area contributed by atoms with Gasteiger partial charge in [-0.1, -0.05) is 18.2 Å². The first kappa shape index (κ1) is 10.4. The Morgan fingerprint density at radius 3 is 3.00 bits per heavy atom. The zero-order valence-corrected chi connectivity index (χ0v) is 9.30. The molecule has 1 unspecified atom stereocenters. The molecule has 0 saturated carbocycles. The lowest BCUT2D eigenvalue weighted by Crippen LogP contribution is -2.08. The molecule has 80 valence electrons. The highest BCUT2D eigenvalue weighted by Crippen LogP contribution is 2.29. The second kappa shape index (κ2) is 4.16. The largest absolute Gasteiger partial charge is 0.289 e. The van der Waals surface area contributed by atoms with E-state index in [9.17, 15) is 4.21 Å². The number of hydrogen-bond donors (Lipinski definition) is 2. The molecule has 2 rings (SSSR count). The van der Waals surface area contributed by atoms with Crippen LogP contribution in [0.3, 0.4) is 0 Å². The summed E-state index contributed by atoms with van der Waals surface area (Å²) in [6.45, 7) is 2.05. The van der Waals surface area contributed by atoms with Gasteiger partial charge < -0.3 is 0 Å². The molecule has 0 bridgehead atoms. The first-order valence-corrected chi connectivity index (χ1v) is 5.95. The second-order valence-electron chi connectivity index (χ2n) is 3.61. The van der Waals surface area contributed by atoms with E-state index in [1.165, 1.54) is 11.1 Å². The van der Waals surface area contributed by atoms with Crippen LogP contribution in [0.25, 0.3) is 6.08 Å². The van der Waals surface area contributed by atoms with Crippen molar-refractivity contribution < 1.29 is 8.76 Å². The molecule has 4 heteroatoms. The molecule has 0 fully saturated rings. The van der Waals surface area contributed by atoms with Crippen LogP contribution in [0.1, 0.15) is 23.1 Å². The molecule has 2 N–H and O–H groups in total. The number of anilines is 1. The molecule has 0 saturated heterocycles. The first-order valence-electron chi connectivity index (χ1n) is 4.85. The van der Waals surface area contributed by atoms with E-state index in [0.717, 1.165) is 24.1 Å². The molecular weight excluding hydrogens is 210 g/mol. The maximum Gasteiger partial charge on any atom is 0.259 e. The lowest BCUT2D eigenvalue weighted by Gasteiger charge is -2.17. The summed E-state index contributed by atoms with van der Waals surface area (Å²) in [6.07, 6.45) is 6.13. The Kier molecular flexibility index (Phi) is 2.88. The third-order valence-corrected chi connectivity index (χ3v) is 3.01. The van der Waals surface area contributed by atoms with Crippen molar-refractivity contribution in [2.75, 3.05) is 4.72 Å². The van der Waals surface area contributed by atoms with Crippen molar-refractivity contribution >= 4 is 23.0 Å². The Labute approximate surface area is 91.6 Å². The van der Waals surface area contributed by atoms with Crippen molar-refractivity contribution in [1.29, 1.82) is 0 Å². The van der Waals surface area contributed by atoms with Gasteiger partial charge in [-0.05, 0) is 42.5 Å². The lowest BCUT2D eigenvalue weighted by atomic mass is 9.92. The van der Waals surface area contributed by atoms with Crippen LogP contribution in [0.15, 0.2) is 18.2 Å². The first-order chi connectivity index (χ1) is 7.18. The number of rotatable bonds is 2. The third kappa shape index (κ3) is 2.11. The summed E-state index contributed by atoms with van der Waals surface area (Å²) >= 11 is -2.00. The molecule has 0 spiro atoms. The van der Waals surface area contributed by atoms with Crippen molar-refractivity contribution in [3.8, 4) is 0 Å². The average Bonchev–Trinajstić information content (AvgIpc) is 2.22. The van der Waals surface area contributed by atoms with Gasteiger partial charge >= 0.3 is 0 Å². The van der Waals surface area contributed by atoms with Gasteiger partial charge in [0.1, 0.15) is 0 Å². The van der Waals surface area contributed by atoms with Crippen molar-refractivity contribution in [2.45, 2.75) is 19.8 Å². The van der Waals surface area contributed by atoms with E-state index >= 15 is 0 Å². The fraction of sp³-hybridized carbons (Fsp3) is 0.273. The topological polar surface area (TPSA) is 49.3 Å². The number of benzene rings is 1. The molecular formula is C11H13NO2S. The molecule has 0 amide bonds. The molecule has 3 nitrogen and oxygen atoms in total. The van der Waals surface area contributed by atoms with Crippen LogP contribution in [0.5, 0.6) is 0 Å². The second-order valence-corrected chi connectivity index (χ2v) is 4.32. The highest BCUT2D eigenvalue weighted by molar-refractivity contribution is 7.80. The van der Waals surface area contributed by atoms with E-state index in [4.69, 9.17) is 4.55 Å². The van der Waals surface area contributed by atoms with E-state index in [0.29, 0.717) is 0 Å². The quantitative estimate of drug-likeness (QED) is 0.757. The molecule has 0 aliphatic heterocycles. The Balaban J connectivity index is 2.49. The minimum absolute atomic E-state index is 0.765. The number of fused-ring (bicyclic) bond motifs is 1. The highest BCUT2D eigenvalue weighted by atomic mass is 32.2. The van der Waals surface area contributed by atoms with Crippen molar-refractivity contribution in [3.05, 3.63) is 34.9 Å². The van der Waals surface area contributed by atoms with E-state index in [2.05, 4.69) is 16.9 Å². The van der Waals surface area contributed by atoms with E-state index in [1.54, 1.807) is 0 Å². The summed E-state index contributed by atoms with van der Waals surface area (Å²) in [5, 5.41) is 0. The summed E-state index contributed by atoms with van der Waals surface area (Å²) < 4.78 is 22.1. The van der Waals surface area contributed by atoms with Crippen LogP contribution >= 0.6 is 0 Å². The molecule has 0 aromatic heterocycles. The Hall–Kier alpha value is -1.13. The summed E-state index contributed by atoms with van der Waals surface area (Å²) in [5.74, 6) is 0. The van der Waals surface area contributed by atoms with Gasteiger partial charge in [0.2, 0.25) is 0 Å². The summed E-state index contributed by atoms with van der Waals surface area (Å²) in [6, 6.07) is 3.82. The summed E-state index contributed by atoms with van der Waals surface area (Å²) in [4.78, 5) is 0. The lowest BCUT2D eigenvalue weighted by molar-refractivity contribution is 0.570. The summed E-state index contributed by atoms with van der Waals surface area (Å²) in [5.41, 5.74) is 4.28. The Morgan fingerprint density at radius 1 is 1.47 bits per heavy atom. The standard InChI is InChI=1S/C11H13NO2S/c1-8-6-7-11(12-15(13)14)10-5-3-2-4-9(8)10/h2,4,6-7,12H,3,5H2,1H3,(H,13,14). The minimum Gasteiger partial charge on any atom is -0.289 e. The van der Waals surface area contributed by atoms with Gasteiger partial charge in [-0.15, -0.1) is 0 Å². The van der Waals surface area contributed by atoms with Crippen LogP contribution in [0.2, 0.25) is 0 Å². The molecule has 0 radical (unpaired) electrons. The van der Waals surface area contributed by atoms with E-state index < -0.39 is 11.3 Å². The molecule has 0 heterocycles. The van der Waals surface area contributed by atoms with Gasteiger partial charge in [-0.3, -0.25) is 9.27 Å². The van der Waals surface area contributed by atoms with Crippen LogP contribution in [0, 0.1) is 6.92 Å². The fourth-order valence-corrected chi connectivity index (χ4v) is 2.28. The molecule has 1 aromatic rings. The zero-order chi connectivity index (χ0) is 10.8. The van der Waals surface area contributed by atoms with Gasteiger partial charge in [-0.2, -0.15) is 0 Å². The van der Waals surface area contributed by atoms with Crippen LogP contribution in [-0.2, 0) is 17.7 Å².